The third-order valence-corrected chi connectivity index (χ3v) is 8.27. The summed E-state index contributed by atoms with van der Waals surface area (Å²) in [6.45, 7) is 2.23. The summed E-state index contributed by atoms with van der Waals surface area (Å²) in [4.78, 5) is 45.7. The molecule has 36 heavy (non-hydrogen) atoms. The molecule has 0 bridgehead atoms. The van der Waals surface area contributed by atoms with E-state index in [0.717, 1.165) is 38.5 Å². The van der Waals surface area contributed by atoms with Crippen molar-refractivity contribution in [3.05, 3.63) is 71.8 Å². The number of rotatable bonds is 6. The van der Waals surface area contributed by atoms with Crippen molar-refractivity contribution in [2.75, 3.05) is 26.2 Å². The topological polar surface area (TPSA) is 60.9 Å². The van der Waals surface area contributed by atoms with Crippen LogP contribution in [-0.4, -0.2) is 70.7 Å². The summed E-state index contributed by atoms with van der Waals surface area (Å²) < 4.78 is 0. The van der Waals surface area contributed by atoms with E-state index >= 15 is 0 Å². The lowest BCUT2D eigenvalue weighted by Crippen LogP contribution is -2.56. The van der Waals surface area contributed by atoms with E-state index in [2.05, 4.69) is 12.1 Å². The van der Waals surface area contributed by atoms with Gasteiger partial charge in [0.05, 0.1) is 0 Å². The predicted octanol–water partition coefficient (Wildman–Crippen LogP) is 4.15. The highest BCUT2D eigenvalue weighted by Gasteiger charge is 2.48. The van der Waals surface area contributed by atoms with Crippen molar-refractivity contribution in [2.45, 2.75) is 63.5 Å². The van der Waals surface area contributed by atoms with Crippen molar-refractivity contribution in [1.82, 2.24) is 14.7 Å². The largest absolute Gasteiger partial charge is 0.339 e. The Labute approximate surface area is 214 Å². The molecule has 2 aliphatic heterocycles. The van der Waals surface area contributed by atoms with Gasteiger partial charge in [-0.05, 0) is 55.7 Å². The maximum atomic E-state index is 13.7. The monoisotopic (exact) mass is 487 g/mol. The van der Waals surface area contributed by atoms with Crippen LogP contribution in [0.15, 0.2) is 60.7 Å². The number of likely N-dealkylation sites (tertiary alicyclic amines) is 1. The Morgan fingerprint density at radius 3 is 2.14 bits per heavy atom. The number of piperazine rings is 1. The molecule has 3 amide bonds. The van der Waals surface area contributed by atoms with E-state index in [1.54, 1.807) is 0 Å². The summed E-state index contributed by atoms with van der Waals surface area (Å²) >= 11 is 0. The Hall–Kier alpha value is -3.15. The highest BCUT2D eigenvalue weighted by Crippen LogP contribution is 2.41. The lowest BCUT2D eigenvalue weighted by atomic mass is 9.84. The number of hydrogen-bond donors (Lipinski definition) is 0. The molecule has 1 aliphatic carbocycles. The Morgan fingerprint density at radius 2 is 1.42 bits per heavy atom. The zero-order valence-corrected chi connectivity index (χ0v) is 21.1. The molecule has 3 aliphatic rings. The van der Waals surface area contributed by atoms with Crippen LogP contribution in [0.3, 0.4) is 0 Å². The molecule has 0 aromatic heterocycles. The van der Waals surface area contributed by atoms with Crippen LogP contribution in [-0.2, 0) is 16.0 Å². The summed E-state index contributed by atoms with van der Waals surface area (Å²) in [7, 11) is 0. The summed E-state index contributed by atoms with van der Waals surface area (Å²) in [6.07, 6.45) is 7.42. The van der Waals surface area contributed by atoms with Gasteiger partial charge in [0.15, 0.2) is 0 Å². The van der Waals surface area contributed by atoms with Gasteiger partial charge in [-0.2, -0.15) is 0 Å². The summed E-state index contributed by atoms with van der Waals surface area (Å²) in [5, 5.41) is 0. The minimum absolute atomic E-state index is 0.0180. The second kappa shape index (κ2) is 11.3. The molecule has 0 N–H and O–H groups in total. The van der Waals surface area contributed by atoms with E-state index in [1.165, 1.54) is 12.0 Å². The number of aryl methyl sites for hydroxylation is 1. The number of benzene rings is 2. The lowest BCUT2D eigenvalue weighted by molar-refractivity contribution is -0.142. The van der Waals surface area contributed by atoms with Crippen molar-refractivity contribution in [3.63, 3.8) is 0 Å². The van der Waals surface area contributed by atoms with Crippen LogP contribution in [0.2, 0.25) is 0 Å². The standard InChI is InChI=1S/C30H37N3O3/c34-28(17-9-12-23-10-3-1-4-11-23)31-18-20-32(21-19-31)30(36)27-22-25-15-7-8-16-26(25)33(27)29(35)24-13-5-2-6-14-24/h1-6,10-11,13-14,25-27H,7-9,12,15-22H2. The average Bonchev–Trinajstić information content (AvgIpc) is 3.33. The molecule has 6 nitrogen and oxygen atoms in total. The molecule has 1 saturated carbocycles. The van der Waals surface area contributed by atoms with Crippen LogP contribution in [0.1, 0.15) is 60.9 Å². The lowest BCUT2D eigenvalue weighted by Gasteiger charge is -2.38. The van der Waals surface area contributed by atoms with Gasteiger partial charge in [-0.15, -0.1) is 0 Å². The molecule has 5 rings (SSSR count). The van der Waals surface area contributed by atoms with Gasteiger partial charge in [-0.3, -0.25) is 14.4 Å². The van der Waals surface area contributed by atoms with Crippen LogP contribution in [0.5, 0.6) is 0 Å². The molecule has 3 fully saturated rings. The molecule has 0 radical (unpaired) electrons. The van der Waals surface area contributed by atoms with E-state index in [1.807, 2.05) is 63.2 Å². The maximum Gasteiger partial charge on any atom is 0.254 e. The molecule has 2 aromatic rings. The average molecular weight is 488 g/mol. The summed E-state index contributed by atoms with van der Waals surface area (Å²) in [5.41, 5.74) is 1.92. The van der Waals surface area contributed by atoms with Crippen LogP contribution < -0.4 is 0 Å². The SMILES string of the molecule is O=C(CCCc1ccccc1)N1CCN(C(=O)C2CC3CCCCC3N2C(=O)c2ccccc2)CC1. The summed E-state index contributed by atoms with van der Waals surface area (Å²) in [5.74, 6) is 0.624. The molecule has 0 spiro atoms. The van der Waals surface area contributed by atoms with Gasteiger partial charge in [0.25, 0.3) is 5.91 Å². The van der Waals surface area contributed by atoms with Gasteiger partial charge in [0.2, 0.25) is 11.8 Å². The summed E-state index contributed by atoms with van der Waals surface area (Å²) in [6, 6.07) is 19.4. The van der Waals surface area contributed by atoms with Crippen molar-refractivity contribution in [2.24, 2.45) is 5.92 Å². The predicted molar refractivity (Wildman–Crippen MR) is 139 cm³/mol. The fraction of sp³-hybridized carbons (Fsp3) is 0.500. The van der Waals surface area contributed by atoms with Gasteiger partial charge < -0.3 is 14.7 Å². The van der Waals surface area contributed by atoms with E-state index in [0.29, 0.717) is 44.1 Å². The van der Waals surface area contributed by atoms with E-state index < -0.39 is 0 Å². The Bertz CT molecular complexity index is 1050. The number of amides is 3. The van der Waals surface area contributed by atoms with Gasteiger partial charge in [0, 0.05) is 44.2 Å². The number of hydrogen-bond acceptors (Lipinski definition) is 3. The van der Waals surface area contributed by atoms with Crippen molar-refractivity contribution in [1.29, 1.82) is 0 Å². The van der Waals surface area contributed by atoms with Crippen molar-refractivity contribution in [3.8, 4) is 0 Å². The maximum absolute atomic E-state index is 13.7. The zero-order valence-electron chi connectivity index (χ0n) is 21.1. The molecule has 2 aromatic carbocycles. The van der Waals surface area contributed by atoms with Crippen LogP contribution in [0, 0.1) is 5.92 Å². The third kappa shape index (κ3) is 5.32. The molecule has 6 heteroatoms. The van der Waals surface area contributed by atoms with Crippen molar-refractivity contribution >= 4 is 17.7 Å². The van der Waals surface area contributed by atoms with E-state index in [9.17, 15) is 14.4 Å². The first-order chi connectivity index (χ1) is 17.6. The normalized spacial score (nSPS) is 23.9. The highest BCUT2D eigenvalue weighted by atomic mass is 16.2. The highest BCUT2D eigenvalue weighted by molar-refractivity contribution is 5.98. The third-order valence-electron chi connectivity index (χ3n) is 8.27. The van der Waals surface area contributed by atoms with E-state index in [-0.39, 0.29) is 29.8 Å². The zero-order chi connectivity index (χ0) is 24.9. The smallest absolute Gasteiger partial charge is 0.254 e. The van der Waals surface area contributed by atoms with Gasteiger partial charge >= 0.3 is 0 Å². The van der Waals surface area contributed by atoms with Gasteiger partial charge in [-0.25, -0.2) is 0 Å². The molecule has 190 valence electrons. The number of nitrogens with zero attached hydrogens (tertiary/aromatic N) is 3. The Morgan fingerprint density at radius 1 is 0.778 bits per heavy atom. The van der Waals surface area contributed by atoms with Crippen LogP contribution in [0.4, 0.5) is 0 Å². The van der Waals surface area contributed by atoms with E-state index in [4.69, 9.17) is 0 Å². The quantitative estimate of drug-likeness (QED) is 0.615. The molecular formula is C30H37N3O3. The number of carbonyl (C=O) groups excluding carboxylic acids is 3. The number of fused-ring (bicyclic) bond motifs is 1. The van der Waals surface area contributed by atoms with Crippen molar-refractivity contribution < 1.29 is 14.4 Å². The Kier molecular flexibility index (Phi) is 7.69. The number of carbonyl (C=O) groups is 3. The van der Waals surface area contributed by atoms with Gasteiger partial charge in [0.1, 0.15) is 6.04 Å². The van der Waals surface area contributed by atoms with Crippen LogP contribution in [0.25, 0.3) is 0 Å². The molecule has 2 heterocycles. The molecular weight excluding hydrogens is 450 g/mol. The first kappa shape index (κ1) is 24.5. The first-order valence-electron chi connectivity index (χ1n) is 13.6. The Balaban J connectivity index is 1.18. The minimum atomic E-state index is -0.390. The van der Waals surface area contributed by atoms with Crippen LogP contribution >= 0.6 is 0 Å². The molecule has 3 unspecified atom stereocenters. The molecule has 3 atom stereocenters. The minimum Gasteiger partial charge on any atom is -0.339 e. The fourth-order valence-electron chi connectivity index (χ4n) is 6.34. The molecule has 2 saturated heterocycles. The second-order valence-electron chi connectivity index (χ2n) is 10.5. The second-order valence-corrected chi connectivity index (χ2v) is 10.5. The fourth-order valence-corrected chi connectivity index (χ4v) is 6.34. The first-order valence-corrected chi connectivity index (χ1v) is 13.6. The van der Waals surface area contributed by atoms with Gasteiger partial charge in [-0.1, -0.05) is 61.4 Å².